The maximum Gasteiger partial charge on any atom is 0.361 e. The number of ether oxygens (including phenoxy) is 1. The number of nitrogens with zero attached hydrogens (tertiary/aromatic N) is 2. The summed E-state index contributed by atoms with van der Waals surface area (Å²) in [4.78, 5) is 11.5. The second-order valence-electron chi connectivity index (χ2n) is 4.48. The van der Waals surface area contributed by atoms with Crippen molar-refractivity contribution in [1.82, 2.24) is 9.78 Å². The lowest BCUT2D eigenvalue weighted by Crippen LogP contribution is -2.21. The van der Waals surface area contributed by atoms with Crippen LogP contribution in [0.1, 0.15) is 37.7 Å². The Balaban J connectivity index is 2.71. The Hall–Kier alpha value is -1.56. The fourth-order valence-corrected chi connectivity index (χ4v) is 1.30. The first-order chi connectivity index (χ1) is 7.83. The molecule has 0 saturated carbocycles. The van der Waals surface area contributed by atoms with E-state index in [2.05, 4.69) is 5.10 Å². The molecule has 0 fully saturated rings. The minimum Gasteiger partial charge on any atom is -0.461 e. The summed E-state index contributed by atoms with van der Waals surface area (Å²) < 4.78 is 6.36. The van der Waals surface area contributed by atoms with Crippen LogP contribution in [-0.4, -0.2) is 33.1 Å². The van der Waals surface area contributed by atoms with Crippen LogP contribution >= 0.6 is 0 Å². The number of nitrogen functional groups attached to an aromatic ring is 1. The number of anilines is 1. The molecule has 0 aliphatic rings. The van der Waals surface area contributed by atoms with Crippen molar-refractivity contribution < 1.29 is 14.6 Å². The number of carbonyl (C=O) groups excluding carboxylic acids is 1. The minimum absolute atomic E-state index is 0.127. The van der Waals surface area contributed by atoms with E-state index in [1.54, 1.807) is 31.6 Å². The van der Waals surface area contributed by atoms with Gasteiger partial charge in [-0.05, 0) is 27.2 Å². The lowest BCUT2D eigenvalue weighted by atomic mass is 10.1. The summed E-state index contributed by atoms with van der Waals surface area (Å²) in [6.45, 7) is 5.93. The number of hydrogen-bond acceptors (Lipinski definition) is 5. The average Bonchev–Trinajstić information content (AvgIpc) is 2.56. The third kappa shape index (κ3) is 4.07. The number of rotatable bonds is 5. The molecule has 0 radical (unpaired) electrons. The molecule has 0 saturated heterocycles. The summed E-state index contributed by atoms with van der Waals surface area (Å²) in [6, 6.07) is 0. The molecule has 1 heterocycles. The summed E-state index contributed by atoms with van der Waals surface area (Å²) in [5.74, 6) is -0.521. The van der Waals surface area contributed by atoms with Gasteiger partial charge in [-0.3, -0.25) is 4.68 Å². The highest BCUT2D eigenvalue weighted by molar-refractivity contribution is 5.92. The van der Waals surface area contributed by atoms with Gasteiger partial charge < -0.3 is 15.6 Å². The SMILES string of the molecule is CCOC(=O)c1nn(CCC(C)(C)O)cc1N. The lowest BCUT2D eigenvalue weighted by molar-refractivity contribution is 0.0519. The highest BCUT2D eigenvalue weighted by atomic mass is 16.5. The third-order valence-corrected chi connectivity index (χ3v) is 2.21. The van der Waals surface area contributed by atoms with Crippen molar-refractivity contribution in [3.63, 3.8) is 0 Å². The molecule has 96 valence electrons. The largest absolute Gasteiger partial charge is 0.461 e. The maximum absolute atomic E-state index is 11.5. The van der Waals surface area contributed by atoms with Crippen LogP contribution < -0.4 is 5.73 Å². The molecule has 6 heteroatoms. The normalized spacial score (nSPS) is 11.5. The number of carbonyl (C=O) groups is 1. The summed E-state index contributed by atoms with van der Waals surface area (Å²) in [5.41, 5.74) is 5.31. The highest BCUT2D eigenvalue weighted by Crippen LogP contribution is 2.13. The lowest BCUT2D eigenvalue weighted by Gasteiger charge is -2.16. The summed E-state index contributed by atoms with van der Waals surface area (Å²) >= 11 is 0. The molecule has 17 heavy (non-hydrogen) atoms. The Morgan fingerprint density at radius 1 is 1.65 bits per heavy atom. The van der Waals surface area contributed by atoms with Crippen molar-refractivity contribution in [2.75, 3.05) is 12.3 Å². The van der Waals surface area contributed by atoms with Gasteiger partial charge in [-0.2, -0.15) is 5.10 Å². The summed E-state index contributed by atoms with van der Waals surface area (Å²) in [5, 5.41) is 13.6. The Morgan fingerprint density at radius 2 is 2.29 bits per heavy atom. The molecule has 0 aromatic carbocycles. The van der Waals surface area contributed by atoms with Crippen LogP contribution in [-0.2, 0) is 11.3 Å². The maximum atomic E-state index is 11.5. The van der Waals surface area contributed by atoms with Crippen molar-refractivity contribution in [1.29, 1.82) is 0 Å². The van der Waals surface area contributed by atoms with E-state index in [1.165, 1.54) is 0 Å². The molecule has 1 aromatic heterocycles. The van der Waals surface area contributed by atoms with Gasteiger partial charge in [0.1, 0.15) is 0 Å². The standard InChI is InChI=1S/C11H19N3O3/c1-4-17-10(15)9-8(12)7-14(13-9)6-5-11(2,3)16/h7,16H,4-6,12H2,1-3H3. The molecule has 0 bridgehead atoms. The number of aromatic nitrogens is 2. The Morgan fingerprint density at radius 3 is 2.82 bits per heavy atom. The van der Waals surface area contributed by atoms with Crippen LogP contribution in [0.2, 0.25) is 0 Å². The third-order valence-electron chi connectivity index (χ3n) is 2.21. The molecule has 0 aliphatic heterocycles. The van der Waals surface area contributed by atoms with E-state index >= 15 is 0 Å². The second kappa shape index (κ2) is 5.18. The zero-order valence-corrected chi connectivity index (χ0v) is 10.4. The molecule has 0 aliphatic carbocycles. The van der Waals surface area contributed by atoms with Gasteiger partial charge in [0, 0.05) is 12.7 Å². The van der Waals surface area contributed by atoms with Crippen LogP contribution in [0.15, 0.2) is 6.20 Å². The number of aryl methyl sites for hydroxylation is 1. The van der Waals surface area contributed by atoms with Crippen LogP contribution in [0.5, 0.6) is 0 Å². The fraction of sp³-hybridized carbons (Fsp3) is 0.636. The van der Waals surface area contributed by atoms with Gasteiger partial charge in [-0.25, -0.2) is 4.79 Å². The predicted molar refractivity (Wildman–Crippen MR) is 63.5 cm³/mol. The number of aliphatic hydroxyl groups is 1. The summed E-state index contributed by atoms with van der Waals surface area (Å²) in [6.07, 6.45) is 2.09. The fourth-order valence-electron chi connectivity index (χ4n) is 1.30. The molecular formula is C11H19N3O3. The topological polar surface area (TPSA) is 90.4 Å². The van der Waals surface area contributed by atoms with Gasteiger partial charge in [0.15, 0.2) is 5.69 Å². The molecule has 0 amide bonds. The second-order valence-corrected chi connectivity index (χ2v) is 4.48. The molecule has 0 spiro atoms. The van der Waals surface area contributed by atoms with Gasteiger partial charge >= 0.3 is 5.97 Å². The average molecular weight is 241 g/mol. The first kappa shape index (κ1) is 13.5. The van der Waals surface area contributed by atoms with Crippen molar-refractivity contribution in [2.45, 2.75) is 39.3 Å². The zero-order valence-electron chi connectivity index (χ0n) is 10.4. The summed E-state index contributed by atoms with van der Waals surface area (Å²) in [7, 11) is 0. The molecule has 1 rings (SSSR count). The van der Waals surface area contributed by atoms with E-state index < -0.39 is 11.6 Å². The smallest absolute Gasteiger partial charge is 0.361 e. The predicted octanol–water partition coefficient (Wildman–Crippen LogP) is 0.803. The Labute approximate surface area is 100 Å². The molecular weight excluding hydrogens is 222 g/mol. The Kier molecular flexibility index (Phi) is 4.11. The van der Waals surface area contributed by atoms with E-state index in [4.69, 9.17) is 10.5 Å². The first-order valence-electron chi connectivity index (χ1n) is 5.56. The van der Waals surface area contributed by atoms with Crippen molar-refractivity contribution in [3.8, 4) is 0 Å². The number of hydrogen-bond donors (Lipinski definition) is 2. The van der Waals surface area contributed by atoms with Crippen LogP contribution in [0.25, 0.3) is 0 Å². The quantitative estimate of drug-likeness (QED) is 0.744. The van der Waals surface area contributed by atoms with Gasteiger partial charge in [0.05, 0.1) is 17.9 Å². The van der Waals surface area contributed by atoms with Crippen LogP contribution in [0, 0.1) is 0 Å². The van der Waals surface area contributed by atoms with Crippen molar-refractivity contribution in [2.24, 2.45) is 0 Å². The molecule has 0 atom stereocenters. The zero-order chi connectivity index (χ0) is 13.1. The number of esters is 1. The van der Waals surface area contributed by atoms with Crippen LogP contribution in [0.3, 0.4) is 0 Å². The van der Waals surface area contributed by atoms with E-state index in [1.807, 2.05) is 0 Å². The van der Waals surface area contributed by atoms with Crippen molar-refractivity contribution >= 4 is 11.7 Å². The Bertz CT molecular complexity index is 393. The van der Waals surface area contributed by atoms with Crippen LogP contribution in [0.4, 0.5) is 5.69 Å². The molecule has 0 unspecified atom stereocenters. The van der Waals surface area contributed by atoms with Crippen molar-refractivity contribution in [3.05, 3.63) is 11.9 Å². The van der Waals surface area contributed by atoms with Gasteiger partial charge in [-0.15, -0.1) is 0 Å². The van der Waals surface area contributed by atoms with E-state index in [9.17, 15) is 9.90 Å². The van der Waals surface area contributed by atoms with E-state index in [0.717, 1.165) is 0 Å². The van der Waals surface area contributed by atoms with Gasteiger partial charge in [0.25, 0.3) is 0 Å². The van der Waals surface area contributed by atoms with Gasteiger partial charge in [0.2, 0.25) is 0 Å². The van der Waals surface area contributed by atoms with E-state index in [-0.39, 0.29) is 12.3 Å². The minimum atomic E-state index is -0.773. The highest BCUT2D eigenvalue weighted by Gasteiger charge is 2.17. The monoisotopic (exact) mass is 241 g/mol. The van der Waals surface area contributed by atoms with E-state index in [0.29, 0.717) is 18.7 Å². The molecule has 1 aromatic rings. The van der Waals surface area contributed by atoms with Gasteiger partial charge in [-0.1, -0.05) is 0 Å². The first-order valence-corrected chi connectivity index (χ1v) is 5.56. The number of nitrogens with two attached hydrogens (primary N) is 1. The molecule has 3 N–H and O–H groups in total. The molecule has 6 nitrogen and oxygen atoms in total.